The smallest absolute Gasteiger partial charge is 0.0805 e. The summed E-state index contributed by atoms with van der Waals surface area (Å²) in [6.45, 7) is 2.96. The van der Waals surface area contributed by atoms with Crippen LogP contribution in [0.3, 0.4) is 0 Å². The summed E-state index contributed by atoms with van der Waals surface area (Å²) >= 11 is 0. The standard InChI is InChI=1S/C13H20N2O/c1-3-9-15(2)10-5-7-13(16)12-6-4-8-14-11-12/h3-4,6,8-9,11,13,16H,5,7,10H2,1-2H3. The second-order valence-corrected chi connectivity index (χ2v) is 3.91. The van der Waals surface area contributed by atoms with Crippen LogP contribution >= 0.6 is 0 Å². The lowest BCUT2D eigenvalue weighted by Crippen LogP contribution is -2.13. The van der Waals surface area contributed by atoms with E-state index < -0.39 is 6.10 Å². The molecule has 0 aromatic carbocycles. The van der Waals surface area contributed by atoms with Crippen molar-refractivity contribution in [2.24, 2.45) is 0 Å². The van der Waals surface area contributed by atoms with Crippen LogP contribution in [0.2, 0.25) is 0 Å². The molecule has 1 rings (SSSR count). The van der Waals surface area contributed by atoms with Crippen LogP contribution in [0.5, 0.6) is 0 Å². The number of hydrogen-bond donors (Lipinski definition) is 1. The summed E-state index contributed by atoms with van der Waals surface area (Å²) in [5.74, 6) is 0. The Labute approximate surface area is 97.4 Å². The molecule has 1 aromatic rings. The summed E-state index contributed by atoms with van der Waals surface area (Å²) in [5.41, 5.74) is 0.899. The first-order valence-electron chi connectivity index (χ1n) is 5.65. The molecule has 0 amide bonds. The van der Waals surface area contributed by atoms with Crippen LogP contribution in [-0.2, 0) is 0 Å². The Balaban J connectivity index is 2.28. The average Bonchev–Trinajstić information content (AvgIpc) is 2.30. The highest BCUT2D eigenvalue weighted by Crippen LogP contribution is 2.16. The van der Waals surface area contributed by atoms with Gasteiger partial charge in [-0.15, -0.1) is 0 Å². The molecule has 0 aliphatic rings. The molecule has 88 valence electrons. The molecule has 1 unspecified atom stereocenters. The number of aliphatic hydroxyl groups excluding tert-OH is 1. The van der Waals surface area contributed by atoms with Crippen LogP contribution in [0.4, 0.5) is 0 Å². The normalized spacial score (nSPS) is 12.9. The molecule has 1 heterocycles. The lowest BCUT2D eigenvalue weighted by atomic mass is 10.1. The fourth-order valence-electron chi connectivity index (χ4n) is 1.60. The van der Waals surface area contributed by atoms with E-state index in [1.165, 1.54) is 0 Å². The quantitative estimate of drug-likeness (QED) is 0.799. The number of aliphatic hydroxyl groups is 1. The molecule has 0 radical (unpaired) electrons. The highest BCUT2D eigenvalue weighted by atomic mass is 16.3. The van der Waals surface area contributed by atoms with E-state index in [1.54, 1.807) is 12.4 Å². The van der Waals surface area contributed by atoms with Crippen molar-refractivity contribution < 1.29 is 5.11 Å². The topological polar surface area (TPSA) is 36.4 Å². The minimum Gasteiger partial charge on any atom is -0.388 e. The summed E-state index contributed by atoms with van der Waals surface area (Å²) in [4.78, 5) is 6.12. The minimum absolute atomic E-state index is 0.396. The van der Waals surface area contributed by atoms with Gasteiger partial charge in [0.2, 0.25) is 0 Å². The number of nitrogens with zero attached hydrogens (tertiary/aromatic N) is 2. The lowest BCUT2D eigenvalue weighted by Gasteiger charge is -2.15. The zero-order valence-corrected chi connectivity index (χ0v) is 10.0. The van der Waals surface area contributed by atoms with Gasteiger partial charge in [0.1, 0.15) is 0 Å². The third-order valence-electron chi connectivity index (χ3n) is 2.46. The Bertz CT molecular complexity index is 311. The highest BCUT2D eigenvalue weighted by molar-refractivity contribution is 5.11. The van der Waals surface area contributed by atoms with Gasteiger partial charge in [-0.2, -0.15) is 0 Å². The van der Waals surface area contributed by atoms with Crippen LogP contribution in [0.25, 0.3) is 0 Å². The summed E-state index contributed by atoms with van der Waals surface area (Å²) < 4.78 is 0. The van der Waals surface area contributed by atoms with Crippen molar-refractivity contribution in [1.82, 2.24) is 9.88 Å². The number of aromatic nitrogens is 1. The lowest BCUT2D eigenvalue weighted by molar-refractivity contribution is 0.161. The Morgan fingerprint density at radius 2 is 2.38 bits per heavy atom. The van der Waals surface area contributed by atoms with Crippen molar-refractivity contribution in [2.45, 2.75) is 25.9 Å². The van der Waals surface area contributed by atoms with E-state index in [2.05, 4.69) is 9.88 Å². The first kappa shape index (κ1) is 12.7. The molecule has 1 N–H and O–H groups in total. The largest absolute Gasteiger partial charge is 0.388 e. The van der Waals surface area contributed by atoms with E-state index >= 15 is 0 Å². The number of hydrogen-bond acceptors (Lipinski definition) is 3. The average molecular weight is 220 g/mol. The predicted octanol–water partition coefficient (Wildman–Crippen LogP) is 2.36. The molecule has 0 aliphatic carbocycles. The Hall–Kier alpha value is -1.35. The molecular formula is C13H20N2O. The molecule has 3 nitrogen and oxygen atoms in total. The molecule has 0 bridgehead atoms. The summed E-state index contributed by atoms with van der Waals surface area (Å²) in [6.07, 6.45) is 8.84. The van der Waals surface area contributed by atoms with E-state index in [0.29, 0.717) is 0 Å². The number of pyridine rings is 1. The van der Waals surface area contributed by atoms with Crippen molar-refractivity contribution in [3.05, 3.63) is 42.4 Å². The van der Waals surface area contributed by atoms with Crippen molar-refractivity contribution in [3.63, 3.8) is 0 Å². The number of allylic oxidation sites excluding steroid dienone is 1. The van der Waals surface area contributed by atoms with Gasteiger partial charge in [0, 0.05) is 26.0 Å². The van der Waals surface area contributed by atoms with Crippen molar-refractivity contribution in [1.29, 1.82) is 0 Å². The van der Waals surface area contributed by atoms with Crippen LogP contribution in [0.1, 0.15) is 31.4 Å². The van der Waals surface area contributed by atoms with Gasteiger partial charge in [0.05, 0.1) is 6.10 Å². The van der Waals surface area contributed by atoms with E-state index in [1.807, 2.05) is 38.4 Å². The first-order valence-corrected chi connectivity index (χ1v) is 5.65. The van der Waals surface area contributed by atoms with E-state index in [0.717, 1.165) is 24.9 Å². The van der Waals surface area contributed by atoms with Gasteiger partial charge in [-0.1, -0.05) is 12.1 Å². The molecule has 0 saturated carbocycles. The van der Waals surface area contributed by atoms with Crippen LogP contribution in [0, 0.1) is 0 Å². The van der Waals surface area contributed by atoms with Crippen LogP contribution < -0.4 is 0 Å². The summed E-state index contributed by atoms with van der Waals surface area (Å²) in [6, 6.07) is 3.76. The predicted molar refractivity (Wildman–Crippen MR) is 65.9 cm³/mol. The molecule has 0 spiro atoms. The molecule has 0 saturated heterocycles. The van der Waals surface area contributed by atoms with Gasteiger partial charge in [0.25, 0.3) is 0 Å². The van der Waals surface area contributed by atoms with Gasteiger partial charge in [-0.25, -0.2) is 0 Å². The van der Waals surface area contributed by atoms with E-state index in [4.69, 9.17) is 0 Å². The molecule has 1 atom stereocenters. The molecule has 16 heavy (non-hydrogen) atoms. The molecular weight excluding hydrogens is 200 g/mol. The Morgan fingerprint density at radius 1 is 1.56 bits per heavy atom. The van der Waals surface area contributed by atoms with Gasteiger partial charge < -0.3 is 10.0 Å². The third-order valence-corrected chi connectivity index (χ3v) is 2.46. The second kappa shape index (κ2) is 7.01. The summed E-state index contributed by atoms with van der Waals surface area (Å²) in [7, 11) is 2.04. The van der Waals surface area contributed by atoms with Crippen molar-refractivity contribution in [3.8, 4) is 0 Å². The van der Waals surface area contributed by atoms with E-state index in [9.17, 15) is 5.11 Å². The third kappa shape index (κ3) is 4.45. The first-order chi connectivity index (χ1) is 7.74. The molecule has 0 fully saturated rings. The zero-order valence-electron chi connectivity index (χ0n) is 10.0. The maximum atomic E-state index is 9.89. The minimum atomic E-state index is -0.396. The fraction of sp³-hybridized carbons (Fsp3) is 0.462. The molecule has 3 heteroatoms. The van der Waals surface area contributed by atoms with E-state index in [-0.39, 0.29) is 0 Å². The van der Waals surface area contributed by atoms with Gasteiger partial charge >= 0.3 is 0 Å². The monoisotopic (exact) mass is 220 g/mol. The second-order valence-electron chi connectivity index (χ2n) is 3.91. The molecule has 1 aromatic heterocycles. The SMILES string of the molecule is CC=CN(C)CCCC(O)c1cccnc1. The maximum Gasteiger partial charge on any atom is 0.0805 e. The number of rotatable bonds is 6. The molecule has 0 aliphatic heterocycles. The summed E-state index contributed by atoms with van der Waals surface area (Å²) in [5, 5.41) is 9.89. The maximum absolute atomic E-state index is 9.89. The zero-order chi connectivity index (χ0) is 11.8. The van der Waals surface area contributed by atoms with Crippen molar-refractivity contribution in [2.75, 3.05) is 13.6 Å². The Morgan fingerprint density at radius 3 is 3.00 bits per heavy atom. The van der Waals surface area contributed by atoms with Gasteiger partial charge in [-0.05, 0) is 37.6 Å². The Kier molecular flexibility index (Phi) is 5.57. The highest BCUT2D eigenvalue weighted by Gasteiger charge is 2.06. The fourth-order valence-corrected chi connectivity index (χ4v) is 1.60. The van der Waals surface area contributed by atoms with Crippen molar-refractivity contribution >= 4 is 0 Å². The van der Waals surface area contributed by atoms with Gasteiger partial charge in [0.15, 0.2) is 0 Å². The van der Waals surface area contributed by atoms with Gasteiger partial charge in [-0.3, -0.25) is 4.98 Å². The van der Waals surface area contributed by atoms with Crippen LogP contribution in [-0.4, -0.2) is 28.6 Å². The van der Waals surface area contributed by atoms with Crippen LogP contribution in [0.15, 0.2) is 36.8 Å².